The third-order valence-corrected chi connectivity index (χ3v) is 2.78. The summed E-state index contributed by atoms with van der Waals surface area (Å²) in [7, 11) is 0. The molecule has 1 atom stereocenters. The number of hydrogen-bond donors (Lipinski definition) is 1. The first kappa shape index (κ1) is 8.48. The number of nitrogens with zero attached hydrogens (tertiary/aromatic N) is 1. The molecule has 0 aromatic rings. The summed E-state index contributed by atoms with van der Waals surface area (Å²) in [5.41, 5.74) is 0. The minimum Gasteiger partial charge on any atom is -0.379 e. The standard InChI is InChI=1S/C9H18N2O/c1-2-10-7-9(1)8-11-3-5-12-6-4-11/h9-10H,1-8H2. The minimum absolute atomic E-state index is 0.892. The van der Waals surface area contributed by atoms with Crippen LogP contribution >= 0.6 is 0 Å². The molecule has 0 saturated carbocycles. The summed E-state index contributed by atoms with van der Waals surface area (Å²) >= 11 is 0. The Hall–Kier alpha value is -0.120. The molecule has 0 aromatic heterocycles. The third-order valence-electron chi connectivity index (χ3n) is 2.78. The highest BCUT2D eigenvalue weighted by Gasteiger charge is 2.19. The summed E-state index contributed by atoms with van der Waals surface area (Å²) in [6.45, 7) is 7.84. The van der Waals surface area contributed by atoms with Gasteiger partial charge in [-0.05, 0) is 25.4 Å². The first-order valence-electron chi connectivity index (χ1n) is 4.96. The molecule has 0 amide bonds. The molecule has 2 heterocycles. The van der Waals surface area contributed by atoms with Crippen molar-refractivity contribution in [3.05, 3.63) is 0 Å². The lowest BCUT2D eigenvalue weighted by Gasteiger charge is -2.28. The van der Waals surface area contributed by atoms with Gasteiger partial charge < -0.3 is 10.1 Å². The first-order valence-corrected chi connectivity index (χ1v) is 4.96. The monoisotopic (exact) mass is 170 g/mol. The Kier molecular flexibility index (Phi) is 2.98. The van der Waals surface area contributed by atoms with Crippen molar-refractivity contribution in [2.45, 2.75) is 6.42 Å². The number of hydrogen-bond acceptors (Lipinski definition) is 3. The van der Waals surface area contributed by atoms with E-state index in [4.69, 9.17) is 4.74 Å². The molecule has 1 unspecified atom stereocenters. The van der Waals surface area contributed by atoms with Crippen molar-refractivity contribution >= 4 is 0 Å². The fraction of sp³-hybridized carbons (Fsp3) is 1.00. The molecule has 0 radical (unpaired) electrons. The van der Waals surface area contributed by atoms with Gasteiger partial charge in [-0.15, -0.1) is 0 Å². The fourth-order valence-electron chi connectivity index (χ4n) is 2.02. The van der Waals surface area contributed by atoms with Gasteiger partial charge in [0.2, 0.25) is 0 Å². The third kappa shape index (κ3) is 2.19. The zero-order valence-corrected chi connectivity index (χ0v) is 7.59. The van der Waals surface area contributed by atoms with Crippen LogP contribution in [0.1, 0.15) is 6.42 Å². The van der Waals surface area contributed by atoms with Crippen LogP contribution in [0, 0.1) is 5.92 Å². The lowest BCUT2D eigenvalue weighted by Crippen LogP contribution is -2.39. The van der Waals surface area contributed by atoms with E-state index in [9.17, 15) is 0 Å². The molecule has 70 valence electrons. The number of morpholine rings is 1. The van der Waals surface area contributed by atoms with Gasteiger partial charge in [0.25, 0.3) is 0 Å². The van der Waals surface area contributed by atoms with Crippen molar-refractivity contribution in [1.82, 2.24) is 10.2 Å². The normalized spacial score (nSPS) is 32.5. The maximum absolute atomic E-state index is 5.31. The Morgan fingerprint density at radius 1 is 1.33 bits per heavy atom. The Bertz CT molecular complexity index is 128. The van der Waals surface area contributed by atoms with Gasteiger partial charge in [-0.25, -0.2) is 0 Å². The van der Waals surface area contributed by atoms with E-state index in [-0.39, 0.29) is 0 Å². The van der Waals surface area contributed by atoms with Crippen LogP contribution in [0.3, 0.4) is 0 Å². The summed E-state index contributed by atoms with van der Waals surface area (Å²) in [5.74, 6) is 0.892. The second-order valence-electron chi connectivity index (χ2n) is 3.77. The highest BCUT2D eigenvalue weighted by atomic mass is 16.5. The van der Waals surface area contributed by atoms with E-state index in [1.807, 2.05) is 0 Å². The number of ether oxygens (including phenoxy) is 1. The lowest BCUT2D eigenvalue weighted by molar-refractivity contribution is 0.0319. The van der Waals surface area contributed by atoms with Gasteiger partial charge in [-0.1, -0.05) is 0 Å². The van der Waals surface area contributed by atoms with Crippen LogP contribution < -0.4 is 5.32 Å². The fourth-order valence-corrected chi connectivity index (χ4v) is 2.02. The summed E-state index contributed by atoms with van der Waals surface area (Å²) < 4.78 is 5.31. The van der Waals surface area contributed by atoms with E-state index < -0.39 is 0 Å². The van der Waals surface area contributed by atoms with Gasteiger partial charge in [-0.2, -0.15) is 0 Å². The van der Waals surface area contributed by atoms with Crippen LogP contribution in [0.15, 0.2) is 0 Å². The zero-order chi connectivity index (χ0) is 8.23. The Balaban J connectivity index is 1.69. The van der Waals surface area contributed by atoms with Gasteiger partial charge in [0.05, 0.1) is 13.2 Å². The van der Waals surface area contributed by atoms with Crippen LogP contribution in [-0.2, 0) is 4.74 Å². The molecule has 2 fully saturated rings. The summed E-state index contributed by atoms with van der Waals surface area (Å²) in [6, 6.07) is 0. The molecule has 2 rings (SSSR count). The molecule has 0 bridgehead atoms. The van der Waals surface area contributed by atoms with Crippen molar-refractivity contribution < 1.29 is 4.74 Å². The first-order chi connectivity index (χ1) is 5.95. The average molecular weight is 170 g/mol. The number of rotatable bonds is 2. The van der Waals surface area contributed by atoms with E-state index in [0.717, 1.165) is 32.2 Å². The minimum atomic E-state index is 0.892. The molecule has 12 heavy (non-hydrogen) atoms. The summed E-state index contributed by atoms with van der Waals surface area (Å²) in [5, 5.41) is 3.40. The molecule has 0 aromatic carbocycles. The highest BCUT2D eigenvalue weighted by Crippen LogP contribution is 2.10. The van der Waals surface area contributed by atoms with Crippen molar-refractivity contribution in [1.29, 1.82) is 0 Å². The van der Waals surface area contributed by atoms with Gasteiger partial charge in [0, 0.05) is 19.6 Å². The van der Waals surface area contributed by atoms with Crippen LogP contribution in [0.4, 0.5) is 0 Å². The van der Waals surface area contributed by atoms with Crippen molar-refractivity contribution in [2.75, 3.05) is 45.9 Å². The molecule has 0 aliphatic carbocycles. The van der Waals surface area contributed by atoms with Gasteiger partial charge in [0.1, 0.15) is 0 Å². The van der Waals surface area contributed by atoms with Gasteiger partial charge >= 0.3 is 0 Å². The predicted octanol–water partition coefficient (Wildman–Crippen LogP) is -0.0719. The smallest absolute Gasteiger partial charge is 0.0594 e. The zero-order valence-electron chi connectivity index (χ0n) is 7.59. The molecule has 2 aliphatic rings. The molecule has 0 spiro atoms. The quantitative estimate of drug-likeness (QED) is 0.628. The number of nitrogens with one attached hydrogen (secondary N) is 1. The van der Waals surface area contributed by atoms with E-state index in [2.05, 4.69) is 10.2 Å². The molecule has 2 saturated heterocycles. The Morgan fingerprint density at radius 3 is 2.83 bits per heavy atom. The molecular weight excluding hydrogens is 152 g/mol. The van der Waals surface area contributed by atoms with Crippen LogP contribution in [0.25, 0.3) is 0 Å². The maximum Gasteiger partial charge on any atom is 0.0594 e. The molecule has 3 nitrogen and oxygen atoms in total. The average Bonchev–Trinajstić information content (AvgIpc) is 2.59. The van der Waals surface area contributed by atoms with Gasteiger partial charge in [-0.3, -0.25) is 4.90 Å². The van der Waals surface area contributed by atoms with Crippen molar-refractivity contribution in [3.63, 3.8) is 0 Å². The molecule has 2 aliphatic heterocycles. The summed E-state index contributed by atoms with van der Waals surface area (Å²) in [6.07, 6.45) is 1.36. The van der Waals surface area contributed by atoms with E-state index in [1.54, 1.807) is 0 Å². The highest BCUT2D eigenvalue weighted by molar-refractivity contribution is 4.75. The van der Waals surface area contributed by atoms with Crippen molar-refractivity contribution in [2.24, 2.45) is 5.92 Å². The van der Waals surface area contributed by atoms with Gasteiger partial charge in [0.15, 0.2) is 0 Å². The maximum atomic E-state index is 5.31. The topological polar surface area (TPSA) is 24.5 Å². The second kappa shape index (κ2) is 4.21. The SMILES string of the molecule is C1CC(CN2CCOCC2)CN1. The molecular formula is C9H18N2O. The summed E-state index contributed by atoms with van der Waals surface area (Å²) in [4.78, 5) is 2.53. The Labute approximate surface area is 74.1 Å². The van der Waals surface area contributed by atoms with E-state index >= 15 is 0 Å². The lowest BCUT2D eigenvalue weighted by atomic mass is 10.1. The van der Waals surface area contributed by atoms with E-state index in [0.29, 0.717) is 0 Å². The predicted molar refractivity (Wildman–Crippen MR) is 48.2 cm³/mol. The van der Waals surface area contributed by atoms with Crippen LogP contribution in [0.2, 0.25) is 0 Å². The molecule has 3 heteroatoms. The van der Waals surface area contributed by atoms with Crippen molar-refractivity contribution in [3.8, 4) is 0 Å². The Morgan fingerprint density at radius 2 is 2.17 bits per heavy atom. The van der Waals surface area contributed by atoms with Crippen LogP contribution in [-0.4, -0.2) is 50.8 Å². The largest absolute Gasteiger partial charge is 0.379 e. The van der Waals surface area contributed by atoms with E-state index in [1.165, 1.54) is 26.1 Å². The second-order valence-corrected chi connectivity index (χ2v) is 3.77. The van der Waals surface area contributed by atoms with Crippen LogP contribution in [0.5, 0.6) is 0 Å². The molecule has 1 N–H and O–H groups in total.